The molecular formula is C14H16N2O3. The second-order valence-corrected chi connectivity index (χ2v) is 5.41. The fraction of sp³-hybridized carbons (Fsp3) is 0.429. The molecule has 1 N–H and O–H groups in total. The smallest absolute Gasteiger partial charge is 0.311 e. The van der Waals surface area contributed by atoms with Crippen molar-refractivity contribution < 1.29 is 14.3 Å². The van der Waals surface area contributed by atoms with Crippen LogP contribution < -0.4 is 5.32 Å². The Kier molecular flexibility index (Phi) is 2.60. The van der Waals surface area contributed by atoms with Gasteiger partial charge in [0, 0.05) is 24.2 Å². The maximum absolute atomic E-state index is 12.2. The number of benzene rings is 1. The highest BCUT2D eigenvalue weighted by atomic mass is 16.6. The van der Waals surface area contributed by atoms with Crippen LogP contribution in [0.15, 0.2) is 24.3 Å². The molecule has 5 nitrogen and oxygen atoms in total. The zero-order chi connectivity index (χ0) is 13.6. The predicted octanol–water partition coefficient (Wildman–Crippen LogP) is 0.959. The number of amides is 1. The molecule has 100 valence electrons. The van der Waals surface area contributed by atoms with E-state index in [1.165, 1.54) is 0 Å². The quantitative estimate of drug-likeness (QED) is 0.805. The average Bonchev–Trinajstić information content (AvgIpc) is 2.80. The van der Waals surface area contributed by atoms with Gasteiger partial charge in [0.05, 0.1) is 5.92 Å². The Morgan fingerprint density at radius 2 is 2.11 bits per heavy atom. The zero-order valence-corrected chi connectivity index (χ0v) is 11.0. The summed E-state index contributed by atoms with van der Waals surface area (Å²) in [6.07, 6.45) is 0.410. The first kappa shape index (κ1) is 12.2. The number of nitrogens with one attached hydrogen (secondary N) is 1. The lowest BCUT2D eigenvalue weighted by molar-refractivity contribution is -0.157. The average molecular weight is 260 g/mol. The summed E-state index contributed by atoms with van der Waals surface area (Å²) in [5, 5.41) is 2.79. The molecule has 19 heavy (non-hydrogen) atoms. The number of fused-ring (bicyclic) bond motifs is 2. The van der Waals surface area contributed by atoms with Crippen LogP contribution >= 0.6 is 0 Å². The Morgan fingerprint density at radius 3 is 2.84 bits per heavy atom. The minimum Gasteiger partial charge on any atom is -0.444 e. The van der Waals surface area contributed by atoms with E-state index in [0.29, 0.717) is 13.0 Å². The molecule has 0 bridgehead atoms. The molecule has 2 aliphatic rings. The fourth-order valence-electron chi connectivity index (χ4n) is 2.90. The topological polar surface area (TPSA) is 58.6 Å². The number of rotatable bonds is 2. The van der Waals surface area contributed by atoms with Crippen molar-refractivity contribution in [1.82, 2.24) is 4.90 Å². The van der Waals surface area contributed by atoms with Gasteiger partial charge in [0.25, 0.3) is 5.91 Å². The molecule has 2 heterocycles. The Bertz CT molecular complexity index is 555. The first-order chi connectivity index (χ1) is 9.03. The van der Waals surface area contributed by atoms with Gasteiger partial charge in [0.2, 0.25) is 5.60 Å². The summed E-state index contributed by atoms with van der Waals surface area (Å²) < 4.78 is 5.48. The molecular weight excluding hydrogens is 244 g/mol. The monoisotopic (exact) mass is 260 g/mol. The van der Waals surface area contributed by atoms with Crippen molar-refractivity contribution in [2.45, 2.75) is 12.0 Å². The molecule has 1 saturated heterocycles. The van der Waals surface area contributed by atoms with E-state index in [1.807, 2.05) is 43.3 Å². The summed E-state index contributed by atoms with van der Waals surface area (Å²) in [5.41, 5.74) is 0.398. The second kappa shape index (κ2) is 4.06. The predicted molar refractivity (Wildman–Crippen MR) is 69.5 cm³/mol. The van der Waals surface area contributed by atoms with E-state index in [0.717, 1.165) is 11.3 Å². The van der Waals surface area contributed by atoms with Crippen LogP contribution in [0.3, 0.4) is 0 Å². The number of carbonyl (C=O) groups is 2. The van der Waals surface area contributed by atoms with Crippen LogP contribution in [0.25, 0.3) is 0 Å². The standard InChI is InChI=1S/C14H16N2O3/c1-16(2)8-9-7-14(19-12(9)17)10-5-3-4-6-11(10)15-13(14)18/h3-6,9H,7-8H2,1-2H3,(H,15,18). The number of hydrogen-bond donors (Lipinski definition) is 1. The number of carbonyl (C=O) groups excluding carboxylic acids is 2. The highest BCUT2D eigenvalue weighted by Crippen LogP contribution is 2.47. The third-order valence-electron chi connectivity index (χ3n) is 3.70. The van der Waals surface area contributed by atoms with Crippen molar-refractivity contribution in [2.75, 3.05) is 26.0 Å². The van der Waals surface area contributed by atoms with E-state index in [9.17, 15) is 9.59 Å². The van der Waals surface area contributed by atoms with Gasteiger partial charge in [0.15, 0.2) is 0 Å². The van der Waals surface area contributed by atoms with Gasteiger partial charge in [-0.05, 0) is 20.2 Å². The van der Waals surface area contributed by atoms with E-state index >= 15 is 0 Å². The van der Waals surface area contributed by atoms with Gasteiger partial charge in [-0.1, -0.05) is 18.2 Å². The molecule has 2 aliphatic heterocycles. The van der Waals surface area contributed by atoms with Gasteiger partial charge >= 0.3 is 5.97 Å². The Labute approximate surface area is 111 Å². The van der Waals surface area contributed by atoms with E-state index in [1.54, 1.807) is 0 Å². The number of hydrogen-bond acceptors (Lipinski definition) is 4. The van der Waals surface area contributed by atoms with Crippen LogP contribution in [-0.2, 0) is 19.9 Å². The first-order valence-electron chi connectivity index (χ1n) is 6.31. The van der Waals surface area contributed by atoms with Crippen LogP contribution in [0.5, 0.6) is 0 Å². The number of ether oxygens (including phenoxy) is 1. The number of nitrogens with zero attached hydrogens (tertiary/aromatic N) is 1. The third kappa shape index (κ3) is 1.73. The molecule has 1 amide bonds. The van der Waals surface area contributed by atoms with Crippen molar-refractivity contribution in [1.29, 1.82) is 0 Å². The highest BCUT2D eigenvalue weighted by Gasteiger charge is 2.57. The molecule has 1 aromatic carbocycles. The van der Waals surface area contributed by atoms with Crippen molar-refractivity contribution in [3.05, 3.63) is 29.8 Å². The van der Waals surface area contributed by atoms with Crippen LogP contribution in [0.1, 0.15) is 12.0 Å². The Morgan fingerprint density at radius 1 is 1.37 bits per heavy atom. The summed E-state index contributed by atoms with van der Waals surface area (Å²) in [6, 6.07) is 7.38. The van der Waals surface area contributed by atoms with Crippen molar-refractivity contribution in [3.8, 4) is 0 Å². The molecule has 1 spiro atoms. The maximum Gasteiger partial charge on any atom is 0.311 e. The minimum atomic E-state index is -1.12. The van der Waals surface area contributed by atoms with Crippen molar-refractivity contribution >= 4 is 17.6 Å². The van der Waals surface area contributed by atoms with Crippen molar-refractivity contribution in [3.63, 3.8) is 0 Å². The molecule has 0 saturated carbocycles. The Balaban J connectivity index is 1.97. The normalized spacial score (nSPS) is 28.7. The molecule has 0 aliphatic carbocycles. The second-order valence-electron chi connectivity index (χ2n) is 5.41. The molecule has 2 atom stereocenters. The lowest BCUT2D eigenvalue weighted by Crippen LogP contribution is -2.34. The minimum absolute atomic E-state index is 0.233. The van der Waals surface area contributed by atoms with Gasteiger partial charge < -0.3 is 15.0 Å². The molecule has 5 heteroatoms. The molecule has 0 radical (unpaired) electrons. The summed E-state index contributed by atoms with van der Waals surface area (Å²) in [7, 11) is 3.81. The van der Waals surface area contributed by atoms with Crippen LogP contribution in [0, 0.1) is 5.92 Å². The van der Waals surface area contributed by atoms with Gasteiger partial charge in [-0.2, -0.15) is 0 Å². The van der Waals surface area contributed by atoms with Gasteiger partial charge in [-0.15, -0.1) is 0 Å². The van der Waals surface area contributed by atoms with Gasteiger partial charge in [-0.3, -0.25) is 9.59 Å². The lowest BCUT2D eigenvalue weighted by Gasteiger charge is -2.19. The Hall–Kier alpha value is -1.88. The van der Waals surface area contributed by atoms with Gasteiger partial charge in [0.1, 0.15) is 0 Å². The lowest BCUT2D eigenvalue weighted by atomic mass is 9.88. The number of para-hydroxylation sites is 1. The number of anilines is 1. The molecule has 3 rings (SSSR count). The largest absolute Gasteiger partial charge is 0.444 e. The summed E-state index contributed by atoms with van der Waals surface area (Å²) in [4.78, 5) is 26.2. The first-order valence-corrected chi connectivity index (χ1v) is 6.31. The third-order valence-corrected chi connectivity index (χ3v) is 3.70. The SMILES string of the molecule is CN(C)CC1CC2(OC1=O)C(=O)Nc1ccccc12. The van der Waals surface area contributed by atoms with Crippen LogP contribution in [0.4, 0.5) is 5.69 Å². The van der Waals surface area contributed by atoms with E-state index in [-0.39, 0.29) is 17.8 Å². The summed E-state index contributed by atoms with van der Waals surface area (Å²) in [6.45, 7) is 0.593. The zero-order valence-electron chi connectivity index (χ0n) is 11.0. The van der Waals surface area contributed by atoms with Crippen LogP contribution in [-0.4, -0.2) is 37.4 Å². The van der Waals surface area contributed by atoms with Crippen molar-refractivity contribution in [2.24, 2.45) is 5.92 Å². The highest BCUT2D eigenvalue weighted by molar-refractivity contribution is 6.07. The molecule has 2 unspecified atom stereocenters. The van der Waals surface area contributed by atoms with Gasteiger partial charge in [-0.25, -0.2) is 0 Å². The van der Waals surface area contributed by atoms with E-state index in [4.69, 9.17) is 4.74 Å². The molecule has 0 aromatic heterocycles. The fourth-order valence-corrected chi connectivity index (χ4v) is 2.90. The maximum atomic E-state index is 12.2. The van der Waals surface area contributed by atoms with Crippen LogP contribution in [0.2, 0.25) is 0 Å². The molecule has 1 aromatic rings. The van der Waals surface area contributed by atoms with E-state index in [2.05, 4.69) is 5.32 Å². The molecule has 1 fully saturated rings. The van der Waals surface area contributed by atoms with E-state index < -0.39 is 5.60 Å². The summed E-state index contributed by atoms with van der Waals surface area (Å²) in [5.74, 6) is -0.782. The number of esters is 1. The summed E-state index contributed by atoms with van der Waals surface area (Å²) >= 11 is 0.